The van der Waals surface area contributed by atoms with Crippen LogP contribution in [0.3, 0.4) is 0 Å². The van der Waals surface area contributed by atoms with E-state index in [1.807, 2.05) is 48.5 Å². The van der Waals surface area contributed by atoms with Gasteiger partial charge in [0.05, 0.1) is 0 Å². The fraction of sp³-hybridized carbons (Fsp3) is 0.200. The average molecular weight is 306 g/mol. The third-order valence-corrected chi connectivity index (χ3v) is 4.11. The Morgan fingerprint density at radius 2 is 1.39 bits per heavy atom. The van der Waals surface area contributed by atoms with E-state index in [1.165, 1.54) is 0 Å². The van der Waals surface area contributed by atoms with E-state index in [-0.39, 0.29) is 12.2 Å². The van der Waals surface area contributed by atoms with Crippen molar-refractivity contribution in [2.45, 2.75) is 25.7 Å². The number of fused-ring (bicyclic) bond motifs is 3. The van der Waals surface area contributed by atoms with Crippen molar-refractivity contribution < 1.29 is 14.7 Å². The van der Waals surface area contributed by atoms with E-state index in [1.54, 1.807) is 0 Å². The molecule has 0 heterocycles. The fourth-order valence-corrected chi connectivity index (χ4v) is 2.98. The lowest BCUT2D eigenvalue weighted by atomic mass is 9.93. The smallest absolute Gasteiger partial charge is 0.303 e. The Morgan fingerprint density at radius 1 is 0.783 bits per heavy atom. The number of benzene rings is 3. The molecule has 0 spiro atoms. The molecule has 0 aliphatic heterocycles. The third-order valence-electron chi connectivity index (χ3n) is 4.11. The van der Waals surface area contributed by atoms with Crippen LogP contribution < -0.4 is 0 Å². The highest BCUT2D eigenvalue weighted by molar-refractivity contribution is 6.17. The molecule has 3 aromatic rings. The Kier molecular flexibility index (Phi) is 4.38. The van der Waals surface area contributed by atoms with Crippen LogP contribution in [-0.4, -0.2) is 16.9 Å². The van der Waals surface area contributed by atoms with Gasteiger partial charge in [-0.05, 0) is 40.5 Å². The number of ketones is 1. The van der Waals surface area contributed by atoms with Crippen molar-refractivity contribution in [3.05, 3.63) is 60.2 Å². The van der Waals surface area contributed by atoms with E-state index in [9.17, 15) is 9.59 Å². The van der Waals surface area contributed by atoms with Crippen molar-refractivity contribution in [2.75, 3.05) is 0 Å². The molecule has 3 nitrogen and oxygen atoms in total. The van der Waals surface area contributed by atoms with Crippen molar-refractivity contribution in [2.24, 2.45) is 0 Å². The fourth-order valence-electron chi connectivity index (χ4n) is 2.98. The van der Waals surface area contributed by atoms with E-state index < -0.39 is 5.97 Å². The van der Waals surface area contributed by atoms with Crippen LogP contribution in [0.2, 0.25) is 0 Å². The Hall–Kier alpha value is -2.68. The highest BCUT2D eigenvalue weighted by Gasteiger charge is 2.12. The van der Waals surface area contributed by atoms with Gasteiger partial charge in [0.15, 0.2) is 5.78 Å². The zero-order valence-corrected chi connectivity index (χ0v) is 12.8. The molecule has 0 fully saturated rings. The number of carbonyl (C=O) groups is 2. The number of unbranched alkanes of at least 4 members (excludes halogenated alkanes) is 1. The van der Waals surface area contributed by atoms with E-state index in [2.05, 4.69) is 6.07 Å². The van der Waals surface area contributed by atoms with Crippen LogP contribution in [0.4, 0.5) is 0 Å². The van der Waals surface area contributed by atoms with Crippen molar-refractivity contribution in [3.63, 3.8) is 0 Å². The zero-order valence-electron chi connectivity index (χ0n) is 12.8. The van der Waals surface area contributed by atoms with Gasteiger partial charge in [0, 0.05) is 18.4 Å². The van der Waals surface area contributed by atoms with Gasteiger partial charge in [0.2, 0.25) is 0 Å². The van der Waals surface area contributed by atoms with Crippen LogP contribution in [0.5, 0.6) is 0 Å². The van der Waals surface area contributed by atoms with Crippen LogP contribution in [0.25, 0.3) is 21.5 Å². The molecule has 0 aromatic heterocycles. The summed E-state index contributed by atoms with van der Waals surface area (Å²) in [5.74, 6) is -0.731. The Labute approximate surface area is 134 Å². The molecule has 116 valence electrons. The van der Waals surface area contributed by atoms with Gasteiger partial charge < -0.3 is 5.11 Å². The van der Waals surface area contributed by atoms with Gasteiger partial charge in [-0.2, -0.15) is 0 Å². The second kappa shape index (κ2) is 6.61. The molecule has 3 heteroatoms. The van der Waals surface area contributed by atoms with Gasteiger partial charge in [-0.25, -0.2) is 0 Å². The summed E-state index contributed by atoms with van der Waals surface area (Å²) < 4.78 is 0. The first kappa shape index (κ1) is 15.2. The van der Waals surface area contributed by atoms with E-state index >= 15 is 0 Å². The Morgan fingerprint density at radius 3 is 2.13 bits per heavy atom. The molecule has 0 aliphatic rings. The molecule has 23 heavy (non-hydrogen) atoms. The normalized spacial score (nSPS) is 11.0. The lowest BCUT2D eigenvalue weighted by Gasteiger charge is -2.10. The minimum atomic E-state index is -0.811. The summed E-state index contributed by atoms with van der Waals surface area (Å²) in [6, 6.07) is 18.0. The molecule has 0 atom stereocenters. The van der Waals surface area contributed by atoms with Gasteiger partial charge in [-0.15, -0.1) is 0 Å². The van der Waals surface area contributed by atoms with Gasteiger partial charge >= 0.3 is 5.97 Å². The summed E-state index contributed by atoms with van der Waals surface area (Å²) >= 11 is 0. The lowest BCUT2D eigenvalue weighted by molar-refractivity contribution is -0.137. The van der Waals surface area contributed by atoms with E-state index in [0.29, 0.717) is 19.3 Å². The maximum atomic E-state index is 12.6. The van der Waals surface area contributed by atoms with Gasteiger partial charge in [-0.1, -0.05) is 48.5 Å². The predicted molar refractivity (Wildman–Crippen MR) is 91.9 cm³/mol. The maximum absolute atomic E-state index is 12.6. The number of rotatable bonds is 6. The molecular weight excluding hydrogens is 288 g/mol. The van der Waals surface area contributed by atoms with E-state index in [0.717, 1.165) is 27.1 Å². The lowest BCUT2D eigenvalue weighted by Crippen LogP contribution is -2.02. The van der Waals surface area contributed by atoms with Crippen LogP contribution >= 0.6 is 0 Å². The molecule has 0 bridgehead atoms. The summed E-state index contributed by atoms with van der Waals surface area (Å²) in [4.78, 5) is 23.1. The largest absolute Gasteiger partial charge is 0.481 e. The summed E-state index contributed by atoms with van der Waals surface area (Å²) in [5, 5.41) is 12.9. The monoisotopic (exact) mass is 306 g/mol. The molecule has 0 saturated carbocycles. The first-order valence-electron chi connectivity index (χ1n) is 7.82. The topological polar surface area (TPSA) is 54.4 Å². The number of aliphatic carboxylic acids is 1. The molecule has 3 aromatic carbocycles. The number of carbonyl (C=O) groups excluding carboxylic acids is 1. The van der Waals surface area contributed by atoms with Crippen LogP contribution in [-0.2, 0) is 4.79 Å². The molecule has 0 saturated heterocycles. The van der Waals surface area contributed by atoms with E-state index in [4.69, 9.17) is 5.11 Å². The van der Waals surface area contributed by atoms with Crippen molar-refractivity contribution in [3.8, 4) is 0 Å². The minimum Gasteiger partial charge on any atom is -0.481 e. The molecule has 3 rings (SSSR count). The summed E-state index contributed by atoms with van der Waals surface area (Å²) in [7, 11) is 0. The van der Waals surface area contributed by atoms with Gasteiger partial charge in [0.25, 0.3) is 0 Å². The molecule has 0 radical (unpaired) electrons. The molecule has 1 N–H and O–H groups in total. The zero-order chi connectivity index (χ0) is 16.2. The highest BCUT2D eigenvalue weighted by Crippen LogP contribution is 2.29. The first-order valence-corrected chi connectivity index (χ1v) is 7.82. The SMILES string of the molecule is O=C(O)CCCCC(=O)c1cc2ccccc2c2ccccc12. The van der Waals surface area contributed by atoms with Gasteiger partial charge in [0.1, 0.15) is 0 Å². The van der Waals surface area contributed by atoms with Crippen LogP contribution in [0.15, 0.2) is 54.6 Å². The molecule has 0 aliphatic carbocycles. The number of hydrogen-bond donors (Lipinski definition) is 1. The van der Waals surface area contributed by atoms with Crippen LogP contribution in [0.1, 0.15) is 36.0 Å². The standard InChI is InChI=1S/C20H18O3/c21-19(11-5-6-12-20(22)23)18-13-14-7-1-2-8-15(14)16-9-3-4-10-17(16)18/h1-4,7-10,13H,5-6,11-12H2,(H,22,23). The number of carboxylic acids is 1. The Balaban J connectivity index is 1.95. The van der Waals surface area contributed by atoms with Crippen molar-refractivity contribution >= 4 is 33.3 Å². The maximum Gasteiger partial charge on any atom is 0.303 e. The number of carboxylic acid groups (broad SMARTS) is 1. The van der Waals surface area contributed by atoms with Crippen molar-refractivity contribution in [1.82, 2.24) is 0 Å². The first-order chi connectivity index (χ1) is 11.2. The molecular formula is C20H18O3. The van der Waals surface area contributed by atoms with Crippen molar-refractivity contribution in [1.29, 1.82) is 0 Å². The number of hydrogen-bond acceptors (Lipinski definition) is 2. The minimum absolute atomic E-state index is 0.0809. The predicted octanol–water partition coefficient (Wildman–Crippen LogP) is 4.82. The highest BCUT2D eigenvalue weighted by atomic mass is 16.4. The Bertz CT molecular complexity index is 880. The van der Waals surface area contributed by atoms with Crippen LogP contribution in [0, 0.1) is 0 Å². The summed E-state index contributed by atoms with van der Waals surface area (Å²) in [6.45, 7) is 0. The second-order valence-corrected chi connectivity index (χ2v) is 5.71. The summed E-state index contributed by atoms with van der Waals surface area (Å²) in [6.07, 6.45) is 1.64. The molecule has 0 unspecified atom stereocenters. The third kappa shape index (κ3) is 3.24. The molecule has 0 amide bonds. The van der Waals surface area contributed by atoms with Gasteiger partial charge in [-0.3, -0.25) is 9.59 Å². The second-order valence-electron chi connectivity index (χ2n) is 5.71. The number of Topliss-reactive ketones (excluding diaryl/α,β-unsaturated/α-hetero) is 1. The quantitative estimate of drug-likeness (QED) is 0.403. The average Bonchev–Trinajstić information content (AvgIpc) is 2.57. The summed E-state index contributed by atoms with van der Waals surface area (Å²) in [5.41, 5.74) is 0.731.